The number of fused-ring (bicyclic) bond motifs is 2. The smallest absolute Gasteiger partial charge is 0.140 e. The minimum absolute atomic E-state index is 0.446. The Kier molecular flexibility index (Phi) is 12.7. The highest BCUT2D eigenvalue weighted by molar-refractivity contribution is 6.76. The highest BCUT2D eigenvalue weighted by atomic mass is 28.3. The Balaban J connectivity index is 0.000000183. The topological polar surface area (TPSA) is 55.7 Å². The first-order valence-electron chi connectivity index (χ1n) is 19.7. The summed E-state index contributed by atoms with van der Waals surface area (Å²) in [6, 6.07) is 55.0. The van der Waals surface area contributed by atoms with Crippen LogP contribution in [-0.4, -0.2) is 34.7 Å². The second-order valence-corrected chi connectivity index (χ2v) is 21.1. The fourth-order valence-corrected chi connectivity index (χ4v) is 7.34. The van der Waals surface area contributed by atoms with Crippen molar-refractivity contribution in [3.05, 3.63) is 216 Å². The number of aromatic amines is 1. The first kappa shape index (κ1) is 39.6. The maximum atomic E-state index is 6.05. The van der Waals surface area contributed by atoms with Gasteiger partial charge in [0.1, 0.15) is 6.73 Å². The second-order valence-electron chi connectivity index (χ2n) is 15.5. The van der Waals surface area contributed by atoms with E-state index >= 15 is 0 Å². The Morgan fingerprint density at radius 1 is 0.586 bits per heavy atom. The molecule has 0 saturated carbocycles. The van der Waals surface area contributed by atoms with E-state index in [1.54, 1.807) is 0 Å². The van der Waals surface area contributed by atoms with Gasteiger partial charge in [-0.05, 0) is 87.0 Å². The molecule has 0 aliphatic carbocycles. The van der Waals surface area contributed by atoms with Gasteiger partial charge in [-0.25, -0.2) is 4.68 Å². The largest absolute Gasteiger partial charge is 0.360 e. The molecule has 58 heavy (non-hydrogen) atoms. The van der Waals surface area contributed by atoms with Gasteiger partial charge in [-0.2, -0.15) is 10.2 Å². The number of hydrogen-bond acceptors (Lipinski definition) is 3. The molecule has 6 heteroatoms. The van der Waals surface area contributed by atoms with E-state index in [0.29, 0.717) is 6.73 Å². The minimum Gasteiger partial charge on any atom is -0.360 e. The molecule has 2 aromatic heterocycles. The molecular weight excluding hydrogens is 725 g/mol. The van der Waals surface area contributed by atoms with E-state index in [4.69, 9.17) is 9.84 Å². The van der Waals surface area contributed by atoms with Crippen molar-refractivity contribution in [3.8, 4) is 0 Å². The maximum Gasteiger partial charge on any atom is 0.140 e. The Morgan fingerprint density at radius 3 is 1.64 bits per heavy atom. The molecule has 8 aromatic rings. The number of benzene rings is 6. The summed E-state index contributed by atoms with van der Waals surface area (Å²) in [5.74, 6) is 0. The van der Waals surface area contributed by atoms with Crippen molar-refractivity contribution in [1.29, 1.82) is 0 Å². The Bertz CT molecular complexity index is 2670. The summed E-state index contributed by atoms with van der Waals surface area (Å²) in [6.45, 7) is 16.9. The van der Waals surface area contributed by atoms with Crippen LogP contribution in [0.15, 0.2) is 171 Å². The Labute approximate surface area is 343 Å². The van der Waals surface area contributed by atoms with Gasteiger partial charge in [0, 0.05) is 25.5 Å². The predicted octanol–water partition coefficient (Wildman–Crippen LogP) is 13.4. The average Bonchev–Trinajstić information content (AvgIpc) is 3.84. The van der Waals surface area contributed by atoms with Crippen molar-refractivity contribution in [3.63, 3.8) is 0 Å². The molecule has 288 valence electrons. The van der Waals surface area contributed by atoms with Gasteiger partial charge in [-0.3, -0.25) is 5.10 Å². The molecule has 0 aliphatic rings. The first-order chi connectivity index (χ1) is 28.2. The van der Waals surface area contributed by atoms with Gasteiger partial charge in [-0.1, -0.05) is 178 Å². The lowest BCUT2D eigenvalue weighted by Gasteiger charge is -2.15. The minimum atomic E-state index is -1.13. The zero-order valence-corrected chi connectivity index (χ0v) is 34.6. The van der Waals surface area contributed by atoms with Crippen molar-refractivity contribution in [1.82, 2.24) is 20.0 Å². The van der Waals surface area contributed by atoms with Crippen molar-refractivity contribution in [2.45, 2.75) is 32.4 Å². The van der Waals surface area contributed by atoms with Crippen molar-refractivity contribution in [2.24, 2.45) is 0 Å². The molecular formula is C52H50N4OSi. The number of aromatic nitrogens is 4. The van der Waals surface area contributed by atoms with Crippen LogP contribution in [0.4, 0.5) is 0 Å². The van der Waals surface area contributed by atoms with Gasteiger partial charge in [0.05, 0.1) is 22.4 Å². The summed E-state index contributed by atoms with van der Waals surface area (Å²) < 4.78 is 8.03. The third kappa shape index (κ3) is 10.2. The standard InChI is InChI=1S/C29H32N2OSi.C23H18N2/c1-23(25-13-9-6-10-14-25)26-16-17-27-28(18-15-24-11-7-5-8-12-24)30-31(29(27)21-26)22-32-19-20-33(2,3)4;1-17(19-10-6-3-7-11-19)20-13-14-21-22(24-25-23(21)16-20)15-12-18-8-4-2-5-9-18/h5-18,21H,1,19-20,22H2,2-4H3;2-16H,1H2,(H,24,25)/b18-15+;15-12+. The summed E-state index contributed by atoms with van der Waals surface area (Å²) >= 11 is 0. The molecule has 0 saturated heterocycles. The number of hydrogen-bond donors (Lipinski definition) is 1. The average molecular weight is 775 g/mol. The molecule has 0 radical (unpaired) electrons. The molecule has 8 rings (SSSR count). The zero-order chi connectivity index (χ0) is 40.3. The van der Waals surface area contributed by atoms with Gasteiger partial charge in [0.25, 0.3) is 0 Å². The van der Waals surface area contributed by atoms with Crippen LogP contribution in [0.3, 0.4) is 0 Å². The lowest BCUT2D eigenvalue weighted by atomic mass is 9.98. The molecule has 0 atom stereocenters. The fraction of sp³-hybridized carbons (Fsp3) is 0.115. The van der Waals surface area contributed by atoms with Crippen LogP contribution in [0, 0.1) is 0 Å². The normalized spacial score (nSPS) is 11.6. The van der Waals surface area contributed by atoms with E-state index in [-0.39, 0.29) is 0 Å². The molecule has 0 aliphatic heterocycles. The first-order valence-corrected chi connectivity index (χ1v) is 23.4. The lowest BCUT2D eigenvalue weighted by molar-refractivity contribution is 0.0816. The van der Waals surface area contributed by atoms with Crippen LogP contribution in [0.25, 0.3) is 57.3 Å². The summed E-state index contributed by atoms with van der Waals surface area (Å²) in [5.41, 5.74) is 12.7. The molecule has 6 aromatic carbocycles. The van der Waals surface area contributed by atoms with Gasteiger partial charge in [0.2, 0.25) is 0 Å². The number of nitrogens with zero attached hydrogens (tertiary/aromatic N) is 3. The van der Waals surface area contributed by atoms with Crippen LogP contribution in [0.1, 0.15) is 44.8 Å². The van der Waals surface area contributed by atoms with E-state index in [2.05, 4.69) is 146 Å². The lowest BCUT2D eigenvalue weighted by Crippen LogP contribution is -2.22. The van der Waals surface area contributed by atoms with Crippen molar-refractivity contribution < 1.29 is 4.74 Å². The number of ether oxygens (including phenoxy) is 1. The molecule has 0 spiro atoms. The fourth-order valence-electron chi connectivity index (χ4n) is 6.58. The molecule has 0 bridgehead atoms. The molecule has 0 amide bonds. The maximum absolute atomic E-state index is 6.05. The van der Waals surface area contributed by atoms with E-state index in [1.807, 2.05) is 83.6 Å². The van der Waals surface area contributed by atoms with Crippen molar-refractivity contribution in [2.75, 3.05) is 6.61 Å². The highest BCUT2D eigenvalue weighted by Gasteiger charge is 2.15. The van der Waals surface area contributed by atoms with Crippen LogP contribution in [0.2, 0.25) is 25.7 Å². The second kappa shape index (κ2) is 18.6. The Hall–Kier alpha value is -6.60. The van der Waals surface area contributed by atoms with Gasteiger partial charge in [0.15, 0.2) is 0 Å². The molecule has 1 N–H and O–H groups in total. The third-order valence-electron chi connectivity index (χ3n) is 9.99. The monoisotopic (exact) mass is 774 g/mol. The summed E-state index contributed by atoms with van der Waals surface area (Å²) in [5, 5.41) is 14.7. The zero-order valence-electron chi connectivity index (χ0n) is 33.6. The highest BCUT2D eigenvalue weighted by Crippen LogP contribution is 2.29. The summed E-state index contributed by atoms with van der Waals surface area (Å²) in [4.78, 5) is 0. The third-order valence-corrected chi connectivity index (χ3v) is 11.7. The number of H-pyrrole nitrogens is 1. The quantitative estimate of drug-likeness (QED) is 0.0937. The van der Waals surface area contributed by atoms with Gasteiger partial charge in [-0.15, -0.1) is 0 Å². The molecule has 0 fully saturated rings. The van der Waals surface area contributed by atoms with Gasteiger partial charge < -0.3 is 4.74 Å². The van der Waals surface area contributed by atoms with Crippen molar-refractivity contribution >= 4 is 65.3 Å². The van der Waals surface area contributed by atoms with Crippen LogP contribution in [-0.2, 0) is 11.5 Å². The molecule has 5 nitrogen and oxygen atoms in total. The van der Waals surface area contributed by atoms with E-state index < -0.39 is 8.07 Å². The van der Waals surface area contributed by atoms with E-state index in [9.17, 15) is 0 Å². The molecule has 0 unspecified atom stereocenters. The van der Waals surface area contributed by atoms with Crippen LogP contribution < -0.4 is 0 Å². The number of nitrogens with one attached hydrogen (secondary N) is 1. The van der Waals surface area contributed by atoms with E-state index in [1.165, 1.54) is 0 Å². The SMILES string of the molecule is C=C(c1ccccc1)c1ccc2c(/C=C/c3ccccc3)n[nH]c2c1.C=C(c1ccccc1)c1ccc2c(/C=C/c3ccccc3)nn(COCC[Si](C)(C)C)c2c1. The number of rotatable bonds is 13. The summed E-state index contributed by atoms with van der Waals surface area (Å²) in [7, 11) is -1.13. The molecule has 2 heterocycles. The van der Waals surface area contributed by atoms with E-state index in [0.717, 1.165) is 90.4 Å². The summed E-state index contributed by atoms with van der Waals surface area (Å²) in [6.07, 6.45) is 8.31. The van der Waals surface area contributed by atoms with Crippen LogP contribution in [0.5, 0.6) is 0 Å². The Morgan fingerprint density at radius 2 is 1.09 bits per heavy atom. The predicted molar refractivity (Wildman–Crippen MR) is 250 cm³/mol. The van der Waals surface area contributed by atoms with Gasteiger partial charge >= 0.3 is 0 Å². The van der Waals surface area contributed by atoms with Crippen LogP contribution >= 0.6 is 0 Å².